The topological polar surface area (TPSA) is 71.5 Å². The molecule has 0 amide bonds. The Hall–Kier alpha value is -2.40. The van der Waals surface area contributed by atoms with Gasteiger partial charge in [-0.2, -0.15) is 0 Å². The van der Waals surface area contributed by atoms with Crippen molar-refractivity contribution in [3.8, 4) is 5.75 Å². The summed E-state index contributed by atoms with van der Waals surface area (Å²) in [6.07, 6.45) is 2.55. The number of hydrogen-bond donors (Lipinski definition) is 2. The minimum Gasteiger partial charge on any atom is -0.487 e. The molecule has 1 aromatic heterocycles. The van der Waals surface area contributed by atoms with Crippen molar-refractivity contribution in [2.45, 2.75) is 26.0 Å². The number of aliphatic carboxylic acids is 1. The van der Waals surface area contributed by atoms with E-state index in [-0.39, 0.29) is 6.42 Å². The molecule has 5 heteroatoms. The maximum Gasteiger partial charge on any atom is 0.303 e. The third kappa shape index (κ3) is 5.54. The van der Waals surface area contributed by atoms with Gasteiger partial charge in [-0.1, -0.05) is 24.3 Å². The first kappa shape index (κ1) is 16.0. The van der Waals surface area contributed by atoms with Gasteiger partial charge in [-0.15, -0.1) is 0 Å². The Morgan fingerprint density at radius 2 is 2.00 bits per heavy atom. The molecule has 2 aromatic rings. The van der Waals surface area contributed by atoms with Gasteiger partial charge in [0.2, 0.25) is 0 Å². The summed E-state index contributed by atoms with van der Waals surface area (Å²) < 4.78 is 5.82. The Morgan fingerprint density at radius 1 is 1.18 bits per heavy atom. The first-order valence-corrected chi connectivity index (χ1v) is 7.29. The van der Waals surface area contributed by atoms with E-state index in [0.29, 0.717) is 26.1 Å². The van der Waals surface area contributed by atoms with E-state index in [1.54, 1.807) is 6.20 Å². The number of pyridine rings is 1. The monoisotopic (exact) mass is 300 g/mol. The van der Waals surface area contributed by atoms with E-state index >= 15 is 0 Å². The van der Waals surface area contributed by atoms with Crippen LogP contribution in [0.1, 0.15) is 24.1 Å². The van der Waals surface area contributed by atoms with Crippen LogP contribution in [0.15, 0.2) is 48.7 Å². The van der Waals surface area contributed by atoms with Gasteiger partial charge >= 0.3 is 5.97 Å². The van der Waals surface area contributed by atoms with Crippen LogP contribution in [0.5, 0.6) is 5.75 Å². The zero-order chi connectivity index (χ0) is 15.6. The van der Waals surface area contributed by atoms with Crippen molar-refractivity contribution in [1.82, 2.24) is 10.3 Å². The molecule has 0 bridgehead atoms. The van der Waals surface area contributed by atoms with Crippen molar-refractivity contribution in [3.05, 3.63) is 59.9 Å². The van der Waals surface area contributed by atoms with E-state index in [0.717, 1.165) is 17.0 Å². The van der Waals surface area contributed by atoms with Crippen molar-refractivity contribution in [3.63, 3.8) is 0 Å². The Balaban J connectivity index is 1.83. The van der Waals surface area contributed by atoms with Gasteiger partial charge in [0.1, 0.15) is 12.4 Å². The fourth-order valence-corrected chi connectivity index (χ4v) is 2.01. The van der Waals surface area contributed by atoms with Crippen LogP contribution in [-0.4, -0.2) is 22.6 Å². The van der Waals surface area contributed by atoms with Crippen LogP contribution < -0.4 is 10.1 Å². The predicted octanol–water partition coefficient (Wildman–Crippen LogP) is 2.62. The maximum absolute atomic E-state index is 10.5. The number of hydrogen-bond acceptors (Lipinski definition) is 4. The maximum atomic E-state index is 10.5. The summed E-state index contributed by atoms with van der Waals surface area (Å²) in [7, 11) is 0. The highest BCUT2D eigenvalue weighted by atomic mass is 16.5. The lowest BCUT2D eigenvalue weighted by Crippen LogP contribution is -2.16. The summed E-state index contributed by atoms with van der Waals surface area (Å²) in [6.45, 7) is 1.75. The largest absolute Gasteiger partial charge is 0.487 e. The number of carbonyl (C=O) groups is 1. The molecular weight excluding hydrogens is 280 g/mol. The fourth-order valence-electron chi connectivity index (χ4n) is 2.01. The van der Waals surface area contributed by atoms with Gasteiger partial charge in [0, 0.05) is 24.7 Å². The number of aromatic nitrogens is 1. The van der Waals surface area contributed by atoms with E-state index < -0.39 is 5.97 Å². The first-order valence-electron chi connectivity index (χ1n) is 7.29. The summed E-state index contributed by atoms with van der Waals surface area (Å²) in [5.41, 5.74) is 1.93. The van der Waals surface area contributed by atoms with Crippen LogP contribution in [0, 0.1) is 0 Å². The first-order chi connectivity index (χ1) is 10.8. The number of ether oxygens (including phenoxy) is 1. The second-order valence-corrected chi connectivity index (χ2v) is 4.89. The average molecular weight is 300 g/mol. The molecule has 2 rings (SSSR count). The van der Waals surface area contributed by atoms with Gasteiger partial charge in [-0.3, -0.25) is 9.78 Å². The number of carboxylic acid groups (broad SMARTS) is 1. The second-order valence-electron chi connectivity index (χ2n) is 4.89. The van der Waals surface area contributed by atoms with Gasteiger partial charge in [-0.25, -0.2) is 0 Å². The molecule has 0 unspecified atom stereocenters. The van der Waals surface area contributed by atoms with Crippen LogP contribution >= 0.6 is 0 Å². The quantitative estimate of drug-likeness (QED) is 0.697. The fraction of sp³-hybridized carbons (Fsp3) is 0.294. The highest BCUT2D eigenvalue weighted by molar-refractivity contribution is 5.66. The SMILES string of the molecule is O=C(O)CCCNCc1ccccc1OCc1ccccn1. The number of carboxylic acids is 1. The van der Waals surface area contributed by atoms with Crippen molar-refractivity contribution in [2.24, 2.45) is 0 Å². The zero-order valence-corrected chi connectivity index (χ0v) is 12.4. The van der Waals surface area contributed by atoms with Crippen molar-refractivity contribution >= 4 is 5.97 Å². The number of rotatable bonds is 9. The van der Waals surface area contributed by atoms with Crippen LogP contribution in [0.4, 0.5) is 0 Å². The number of para-hydroxylation sites is 1. The molecule has 0 spiro atoms. The molecule has 0 atom stereocenters. The lowest BCUT2D eigenvalue weighted by Gasteiger charge is -2.12. The van der Waals surface area contributed by atoms with Crippen LogP contribution in [0.25, 0.3) is 0 Å². The molecule has 116 valence electrons. The van der Waals surface area contributed by atoms with Gasteiger partial charge in [0.15, 0.2) is 0 Å². The molecule has 0 aliphatic rings. The van der Waals surface area contributed by atoms with Gasteiger partial charge in [0.25, 0.3) is 0 Å². The van der Waals surface area contributed by atoms with Crippen LogP contribution in [0.2, 0.25) is 0 Å². The van der Waals surface area contributed by atoms with Gasteiger partial charge < -0.3 is 15.2 Å². The standard InChI is InChI=1S/C17H20N2O3/c20-17(21)9-5-10-18-12-14-6-1-2-8-16(14)22-13-15-7-3-4-11-19-15/h1-4,6-8,11,18H,5,9-10,12-13H2,(H,20,21). The van der Waals surface area contributed by atoms with E-state index in [9.17, 15) is 4.79 Å². The van der Waals surface area contributed by atoms with E-state index in [2.05, 4.69) is 10.3 Å². The molecule has 5 nitrogen and oxygen atoms in total. The summed E-state index contributed by atoms with van der Waals surface area (Å²) in [5.74, 6) is 0.0554. The summed E-state index contributed by atoms with van der Waals surface area (Å²) in [5, 5.41) is 11.8. The molecule has 1 heterocycles. The minimum absolute atomic E-state index is 0.185. The highest BCUT2D eigenvalue weighted by Crippen LogP contribution is 2.18. The number of nitrogens with zero attached hydrogens (tertiary/aromatic N) is 1. The molecule has 0 saturated heterocycles. The molecular formula is C17H20N2O3. The summed E-state index contributed by atoms with van der Waals surface area (Å²) >= 11 is 0. The number of benzene rings is 1. The van der Waals surface area contributed by atoms with Crippen LogP contribution in [-0.2, 0) is 17.9 Å². The minimum atomic E-state index is -0.763. The molecule has 22 heavy (non-hydrogen) atoms. The van der Waals surface area contributed by atoms with E-state index in [4.69, 9.17) is 9.84 Å². The average Bonchev–Trinajstić information content (AvgIpc) is 2.54. The third-order valence-corrected chi connectivity index (χ3v) is 3.13. The predicted molar refractivity (Wildman–Crippen MR) is 83.6 cm³/mol. The summed E-state index contributed by atoms with van der Waals surface area (Å²) in [6, 6.07) is 13.5. The second kappa shape index (κ2) is 8.79. The highest BCUT2D eigenvalue weighted by Gasteiger charge is 2.04. The van der Waals surface area contributed by atoms with E-state index in [1.807, 2.05) is 42.5 Å². The molecule has 0 saturated carbocycles. The molecule has 0 aliphatic heterocycles. The Kier molecular flexibility index (Phi) is 6.39. The lowest BCUT2D eigenvalue weighted by molar-refractivity contribution is -0.137. The smallest absolute Gasteiger partial charge is 0.303 e. The van der Waals surface area contributed by atoms with Gasteiger partial charge in [-0.05, 0) is 31.2 Å². The number of nitrogens with one attached hydrogen (secondary N) is 1. The van der Waals surface area contributed by atoms with Crippen molar-refractivity contribution < 1.29 is 14.6 Å². The Bertz CT molecular complexity index is 587. The lowest BCUT2D eigenvalue weighted by atomic mass is 10.2. The molecule has 1 aromatic carbocycles. The Labute approximate surface area is 130 Å². The van der Waals surface area contributed by atoms with Crippen molar-refractivity contribution in [2.75, 3.05) is 6.54 Å². The molecule has 0 aliphatic carbocycles. The molecule has 0 fully saturated rings. The van der Waals surface area contributed by atoms with Crippen molar-refractivity contribution in [1.29, 1.82) is 0 Å². The van der Waals surface area contributed by atoms with E-state index in [1.165, 1.54) is 0 Å². The Morgan fingerprint density at radius 3 is 2.77 bits per heavy atom. The molecule has 0 radical (unpaired) electrons. The summed E-state index contributed by atoms with van der Waals surface area (Å²) in [4.78, 5) is 14.7. The van der Waals surface area contributed by atoms with Crippen LogP contribution in [0.3, 0.4) is 0 Å². The zero-order valence-electron chi connectivity index (χ0n) is 12.4. The van der Waals surface area contributed by atoms with Gasteiger partial charge in [0.05, 0.1) is 5.69 Å². The third-order valence-electron chi connectivity index (χ3n) is 3.13. The normalized spacial score (nSPS) is 10.4. The molecule has 2 N–H and O–H groups in total.